The summed E-state index contributed by atoms with van der Waals surface area (Å²) in [6.07, 6.45) is 0. The number of imidazole rings is 1. The number of fused-ring (bicyclic) bond motifs is 1. The van der Waals surface area contributed by atoms with Gasteiger partial charge in [0.05, 0.1) is 16.4 Å². The number of hydrogen-bond acceptors (Lipinski definition) is 1. The molecule has 0 atom stereocenters. The van der Waals surface area contributed by atoms with Gasteiger partial charge in [0.2, 0.25) is 0 Å². The lowest BCUT2D eigenvalue weighted by molar-refractivity contribution is 0.398. The van der Waals surface area contributed by atoms with Crippen molar-refractivity contribution in [2.75, 3.05) is 0 Å². The van der Waals surface area contributed by atoms with Gasteiger partial charge >= 0.3 is 0 Å². The van der Waals surface area contributed by atoms with Crippen LogP contribution in [0.2, 0.25) is 5.02 Å². The Morgan fingerprint density at radius 3 is 2.56 bits per heavy atom. The van der Waals surface area contributed by atoms with Crippen LogP contribution in [0.1, 0.15) is 26.6 Å². The highest BCUT2D eigenvalue weighted by Crippen LogP contribution is 2.29. The minimum absolute atomic E-state index is 0.0519. The van der Waals surface area contributed by atoms with Gasteiger partial charge in [0.25, 0.3) is 0 Å². The van der Waals surface area contributed by atoms with Crippen LogP contribution in [0.25, 0.3) is 11.0 Å². The molecule has 0 radical (unpaired) electrons. The summed E-state index contributed by atoms with van der Waals surface area (Å²) in [7, 11) is 0. The van der Waals surface area contributed by atoms with E-state index in [1.54, 1.807) is 0 Å². The second-order valence-corrected chi connectivity index (χ2v) is 5.45. The zero-order valence-electron chi connectivity index (χ0n) is 9.59. The van der Waals surface area contributed by atoms with Crippen molar-refractivity contribution in [1.82, 2.24) is 9.55 Å². The Kier molecular flexibility index (Phi) is 2.89. The van der Waals surface area contributed by atoms with Gasteiger partial charge in [-0.3, -0.25) is 0 Å². The predicted molar refractivity (Wildman–Crippen MR) is 69.3 cm³/mol. The molecule has 1 aromatic carbocycles. The van der Waals surface area contributed by atoms with E-state index in [2.05, 4.69) is 30.3 Å². The van der Waals surface area contributed by atoms with E-state index in [0.717, 1.165) is 16.9 Å². The van der Waals surface area contributed by atoms with Crippen molar-refractivity contribution in [3.05, 3.63) is 29.0 Å². The topological polar surface area (TPSA) is 17.8 Å². The van der Waals surface area contributed by atoms with Gasteiger partial charge in [-0.25, -0.2) is 4.98 Å². The number of aromatic nitrogens is 2. The van der Waals surface area contributed by atoms with E-state index in [9.17, 15) is 0 Å². The third kappa shape index (κ3) is 1.80. The maximum absolute atomic E-state index is 6.13. The molecule has 86 valence electrons. The molecule has 0 aliphatic rings. The fraction of sp³-hybridized carbons (Fsp3) is 0.417. The van der Waals surface area contributed by atoms with E-state index in [0.29, 0.717) is 10.9 Å². The Hall–Kier alpha value is -0.730. The van der Waals surface area contributed by atoms with Crippen molar-refractivity contribution >= 4 is 34.2 Å². The molecule has 0 aliphatic heterocycles. The fourth-order valence-electron chi connectivity index (χ4n) is 1.95. The maximum atomic E-state index is 6.13. The molecule has 0 saturated carbocycles. The summed E-state index contributed by atoms with van der Waals surface area (Å²) >= 11 is 12.1. The molecular formula is C12H14Cl2N2. The predicted octanol–water partition coefficient (Wildman–Crippen LogP) is 4.18. The first-order chi connectivity index (χ1) is 7.45. The Labute approximate surface area is 105 Å². The molecule has 0 unspecified atom stereocenters. The molecule has 16 heavy (non-hydrogen) atoms. The third-order valence-electron chi connectivity index (χ3n) is 2.50. The van der Waals surface area contributed by atoms with Crippen molar-refractivity contribution in [2.24, 2.45) is 0 Å². The van der Waals surface area contributed by atoms with Crippen molar-refractivity contribution in [3.63, 3.8) is 0 Å². The lowest BCUT2D eigenvalue weighted by Gasteiger charge is -2.24. The Bertz CT molecular complexity index is 524. The third-order valence-corrected chi connectivity index (χ3v) is 3.04. The molecule has 0 amide bonds. The van der Waals surface area contributed by atoms with Crippen LogP contribution >= 0.6 is 23.2 Å². The highest BCUT2D eigenvalue weighted by atomic mass is 35.5. The average molecular weight is 257 g/mol. The fourth-order valence-corrected chi connectivity index (χ4v) is 2.34. The summed E-state index contributed by atoms with van der Waals surface area (Å²) in [6, 6.07) is 5.81. The Balaban J connectivity index is 2.84. The van der Waals surface area contributed by atoms with Crippen LogP contribution in [0.3, 0.4) is 0 Å². The number of hydrogen-bond donors (Lipinski definition) is 0. The van der Waals surface area contributed by atoms with Crippen LogP contribution < -0.4 is 0 Å². The van der Waals surface area contributed by atoms with Crippen molar-refractivity contribution in [3.8, 4) is 0 Å². The first kappa shape index (κ1) is 11.7. The van der Waals surface area contributed by atoms with Crippen LogP contribution in [-0.4, -0.2) is 9.55 Å². The first-order valence-electron chi connectivity index (χ1n) is 5.17. The molecule has 0 spiro atoms. The summed E-state index contributed by atoms with van der Waals surface area (Å²) in [4.78, 5) is 4.50. The minimum atomic E-state index is -0.0519. The Morgan fingerprint density at radius 1 is 1.31 bits per heavy atom. The number of rotatable bonds is 1. The van der Waals surface area contributed by atoms with E-state index >= 15 is 0 Å². The van der Waals surface area contributed by atoms with E-state index in [-0.39, 0.29) is 5.54 Å². The van der Waals surface area contributed by atoms with Gasteiger partial charge in [0, 0.05) is 5.54 Å². The molecule has 0 aliphatic carbocycles. The second-order valence-electron chi connectivity index (χ2n) is 4.78. The molecule has 4 heteroatoms. The van der Waals surface area contributed by atoms with E-state index in [1.165, 1.54) is 0 Å². The van der Waals surface area contributed by atoms with Gasteiger partial charge in [-0.2, -0.15) is 0 Å². The maximum Gasteiger partial charge on any atom is 0.125 e. The average Bonchev–Trinajstić information content (AvgIpc) is 2.57. The van der Waals surface area contributed by atoms with Gasteiger partial charge in [-0.05, 0) is 32.9 Å². The standard InChI is InChI=1S/C12H14Cl2N2/c1-12(2,3)16-9-6-4-5-8(14)11(9)15-10(16)7-13/h4-6H,7H2,1-3H3. The molecule has 1 aromatic heterocycles. The highest BCUT2D eigenvalue weighted by molar-refractivity contribution is 6.35. The van der Waals surface area contributed by atoms with Gasteiger partial charge in [-0.15, -0.1) is 11.6 Å². The monoisotopic (exact) mass is 256 g/mol. The number of benzene rings is 1. The van der Waals surface area contributed by atoms with Crippen LogP contribution in [-0.2, 0) is 11.4 Å². The number of halogens is 2. The van der Waals surface area contributed by atoms with E-state index < -0.39 is 0 Å². The smallest absolute Gasteiger partial charge is 0.125 e. The molecule has 0 fully saturated rings. The first-order valence-corrected chi connectivity index (χ1v) is 6.08. The van der Waals surface area contributed by atoms with Crippen molar-refractivity contribution < 1.29 is 0 Å². The Morgan fingerprint density at radius 2 is 2.00 bits per heavy atom. The SMILES string of the molecule is CC(C)(C)n1c(CCl)nc2c(Cl)cccc21. The minimum Gasteiger partial charge on any atom is -0.322 e. The lowest BCUT2D eigenvalue weighted by atomic mass is 10.1. The molecule has 0 saturated heterocycles. The van der Waals surface area contributed by atoms with Crippen LogP contribution in [0.15, 0.2) is 18.2 Å². The van der Waals surface area contributed by atoms with Crippen molar-refractivity contribution in [2.45, 2.75) is 32.2 Å². The number of para-hydroxylation sites is 1. The van der Waals surface area contributed by atoms with Gasteiger partial charge in [-0.1, -0.05) is 17.7 Å². The zero-order valence-corrected chi connectivity index (χ0v) is 11.1. The lowest BCUT2D eigenvalue weighted by Crippen LogP contribution is -2.23. The zero-order chi connectivity index (χ0) is 11.9. The van der Waals surface area contributed by atoms with Crippen LogP contribution in [0.4, 0.5) is 0 Å². The van der Waals surface area contributed by atoms with Crippen molar-refractivity contribution in [1.29, 1.82) is 0 Å². The van der Waals surface area contributed by atoms with Gasteiger partial charge in [0.15, 0.2) is 0 Å². The summed E-state index contributed by atoms with van der Waals surface area (Å²) in [5.74, 6) is 1.25. The molecular weight excluding hydrogens is 243 g/mol. The second kappa shape index (κ2) is 3.94. The van der Waals surface area contributed by atoms with E-state index in [1.807, 2.05) is 18.2 Å². The normalized spacial score (nSPS) is 12.3. The summed E-state index contributed by atoms with van der Waals surface area (Å²) in [6.45, 7) is 6.39. The molecule has 2 nitrogen and oxygen atoms in total. The largest absolute Gasteiger partial charge is 0.322 e. The van der Waals surface area contributed by atoms with Gasteiger partial charge in [0.1, 0.15) is 11.3 Å². The number of alkyl halides is 1. The molecule has 2 aromatic rings. The van der Waals surface area contributed by atoms with E-state index in [4.69, 9.17) is 23.2 Å². The summed E-state index contributed by atoms with van der Waals surface area (Å²) in [5.41, 5.74) is 1.81. The summed E-state index contributed by atoms with van der Waals surface area (Å²) < 4.78 is 2.14. The number of nitrogens with zero attached hydrogens (tertiary/aromatic N) is 2. The summed E-state index contributed by atoms with van der Waals surface area (Å²) in [5, 5.41) is 0.673. The van der Waals surface area contributed by atoms with Crippen LogP contribution in [0.5, 0.6) is 0 Å². The van der Waals surface area contributed by atoms with Crippen LogP contribution in [0, 0.1) is 0 Å². The molecule has 0 bridgehead atoms. The molecule has 2 rings (SSSR count). The highest BCUT2D eigenvalue weighted by Gasteiger charge is 2.21. The molecule has 0 N–H and O–H groups in total. The quantitative estimate of drug-likeness (QED) is 0.700. The molecule has 1 heterocycles. The van der Waals surface area contributed by atoms with Gasteiger partial charge < -0.3 is 4.57 Å².